The lowest BCUT2D eigenvalue weighted by Crippen LogP contribution is -2.41. The fourth-order valence-corrected chi connectivity index (χ4v) is 3.58. The molecule has 0 aromatic carbocycles. The molecule has 1 saturated heterocycles. The number of rotatable bonds is 5. The van der Waals surface area contributed by atoms with Crippen molar-refractivity contribution in [3.05, 3.63) is 0 Å². The van der Waals surface area contributed by atoms with Gasteiger partial charge in [-0.25, -0.2) is 0 Å². The Labute approximate surface area is 107 Å². The van der Waals surface area contributed by atoms with Crippen LogP contribution in [0.4, 0.5) is 0 Å². The molecule has 2 fully saturated rings. The third-order valence-corrected chi connectivity index (χ3v) is 4.79. The van der Waals surface area contributed by atoms with E-state index in [0.717, 1.165) is 17.9 Å². The summed E-state index contributed by atoms with van der Waals surface area (Å²) in [6.45, 7) is 6.07. The Hall–Kier alpha value is -0.0800. The molecule has 0 bridgehead atoms. The first-order valence-corrected chi connectivity index (χ1v) is 7.84. The minimum atomic E-state index is 0.796. The average Bonchev–Trinajstić information content (AvgIpc) is 2.42. The molecule has 1 aliphatic carbocycles. The van der Waals surface area contributed by atoms with Crippen molar-refractivity contribution < 1.29 is 0 Å². The topological polar surface area (TPSA) is 24.1 Å². The normalized spacial score (nSPS) is 25.9. The maximum Gasteiger partial charge on any atom is 0.00928 e. The second-order valence-electron chi connectivity index (χ2n) is 6.01. The maximum atomic E-state index is 3.88. The van der Waals surface area contributed by atoms with Gasteiger partial charge in [0.15, 0.2) is 0 Å². The molecule has 0 spiro atoms. The van der Waals surface area contributed by atoms with Gasteiger partial charge in [0.2, 0.25) is 0 Å². The zero-order valence-electron chi connectivity index (χ0n) is 11.5. The van der Waals surface area contributed by atoms with E-state index >= 15 is 0 Å². The molecule has 2 nitrogen and oxygen atoms in total. The molecule has 0 radical (unpaired) electrons. The van der Waals surface area contributed by atoms with E-state index in [4.69, 9.17) is 0 Å². The fraction of sp³-hybridized carbons (Fsp3) is 1.00. The Morgan fingerprint density at radius 2 is 1.76 bits per heavy atom. The molecule has 100 valence electrons. The van der Waals surface area contributed by atoms with Crippen LogP contribution in [0.25, 0.3) is 0 Å². The summed E-state index contributed by atoms with van der Waals surface area (Å²) in [7, 11) is 0. The Morgan fingerprint density at radius 3 is 2.41 bits per heavy atom. The highest BCUT2D eigenvalue weighted by molar-refractivity contribution is 4.80. The van der Waals surface area contributed by atoms with E-state index in [1.807, 2.05) is 0 Å². The third kappa shape index (κ3) is 4.26. The monoisotopic (exact) mass is 238 g/mol. The van der Waals surface area contributed by atoms with Gasteiger partial charge >= 0.3 is 0 Å². The molecule has 0 aromatic heterocycles. The van der Waals surface area contributed by atoms with E-state index in [-0.39, 0.29) is 0 Å². The zero-order chi connectivity index (χ0) is 11.9. The van der Waals surface area contributed by atoms with Crippen LogP contribution in [0.3, 0.4) is 0 Å². The fourth-order valence-electron chi connectivity index (χ4n) is 3.58. The predicted octanol–water partition coefficient (Wildman–Crippen LogP) is 2.93. The summed E-state index contributed by atoms with van der Waals surface area (Å²) in [4.78, 5) is 0. The van der Waals surface area contributed by atoms with Crippen molar-refractivity contribution in [3.8, 4) is 0 Å². The van der Waals surface area contributed by atoms with Gasteiger partial charge in [0.05, 0.1) is 0 Å². The molecule has 1 saturated carbocycles. The van der Waals surface area contributed by atoms with Crippen LogP contribution in [0, 0.1) is 11.8 Å². The van der Waals surface area contributed by atoms with Crippen molar-refractivity contribution in [3.63, 3.8) is 0 Å². The molecule has 17 heavy (non-hydrogen) atoms. The van der Waals surface area contributed by atoms with Gasteiger partial charge in [-0.05, 0) is 63.6 Å². The minimum absolute atomic E-state index is 0.796. The van der Waals surface area contributed by atoms with Gasteiger partial charge in [-0.15, -0.1) is 0 Å². The largest absolute Gasteiger partial charge is 0.317 e. The second-order valence-corrected chi connectivity index (χ2v) is 6.01. The van der Waals surface area contributed by atoms with E-state index < -0.39 is 0 Å². The highest BCUT2D eigenvalue weighted by Crippen LogP contribution is 2.28. The van der Waals surface area contributed by atoms with E-state index in [9.17, 15) is 0 Å². The van der Waals surface area contributed by atoms with Crippen molar-refractivity contribution in [2.45, 2.75) is 64.3 Å². The summed E-state index contributed by atoms with van der Waals surface area (Å²) in [5.74, 6) is 1.89. The van der Waals surface area contributed by atoms with Crippen LogP contribution in [-0.2, 0) is 0 Å². The summed E-state index contributed by atoms with van der Waals surface area (Å²) in [6, 6.07) is 0.796. The SMILES string of the molecule is CCC(NCC1CCNCC1)C1CCCCC1. The van der Waals surface area contributed by atoms with Gasteiger partial charge in [-0.2, -0.15) is 0 Å². The molecule has 0 aromatic rings. The van der Waals surface area contributed by atoms with Crippen molar-refractivity contribution in [1.82, 2.24) is 10.6 Å². The second kappa shape index (κ2) is 7.38. The summed E-state index contributed by atoms with van der Waals surface area (Å²) in [5, 5.41) is 7.33. The Balaban J connectivity index is 1.70. The van der Waals surface area contributed by atoms with Crippen LogP contribution in [0.5, 0.6) is 0 Å². The van der Waals surface area contributed by atoms with Crippen molar-refractivity contribution in [1.29, 1.82) is 0 Å². The summed E-state index contributed by atoms with van der Waals surface area (Å²) < 4.78 is 0. The minimum Gasteiger partial charge on any atom is -0.317 e. The van der Waals surface area contributed by atoms with E-state index in [1.54, 1.807) is 0 Å². The molecule has 1 atom stereocenters. The van der Waals surface area contributed by atoms with Crippen LogP contribution >= 0.6 is 0 Å². The third-order valence-electron chi connectivity index (χ3n) is 4.79. The lowest BCUT2D eigenvalue weighted by atomic mass is 9.82. The molecule has 0 amide bonds. The van der Waals surface area contributed by atoms with Crippen molar-refractivity contribution in [2.24, 2.45) is 11.8 Å². The Bertz CT molecular complexity index is 193. The van der Waals surface area contributed by atoms with Gasteiger partial charge in [-0.3, -0.25) is 0 Å². The lowest BCUT2D eigenvalue weighted by molar-refractivity contribution is 0.244. The first kappa shape index (κ1) is 13.4. The van der Waals surface area contributed by atoms with E-state index in [0.29, 0.717) is 0 Å². The standard InChI is InChI=1S/C15H30N2/c1-2-15(14-6-4-3-5-7-14)17-12-13-8-10-16-11-9-13/h13-17H,2-12H2,1H3. The van der Waals surface area contributed by atoms with Crippen LogP contribution in [0.1, 0.15) is 58.3 Å². The van der Waals surface area contributed by atoms with Crippen molar-refractivity contribution in [2.75, 3.05) is 19.6 Å². The van der Waals surface area contributed by atoms with Gasteiger partial charge < -0.3 is 10.6 Å². The summed E-state index contributed by atoms with van der Waals surface area (Å²) in [6.07, 6.45) is 11.4. The molecule has 1 unspecified atom stereocenters. The van der Waals surface area contributed by atoms with Crippen LogP contribution in [-0.4, -0.2) is 25.7 Å². The molecular weight excluding hydrogens is 208 g/mol. The molecule has 1 aliphatic heterocycles. The number of nitrogens with one attached hydrogen (secondary N) is 2. The van der Waals surface area contributed by atoms with Crippen LogP contribution < -0.4 is 10.6 Å². The Kier molecular flexibility index (Phi) is 5.79. The average molecular weight is 238 g/mol. The van der Waals surface area contributed by atoms with Gasteiger partial charge in [0.1, 0.15) is 0 Å². The van der Waals surface area contributed by atoms with Gasteiger partial charge in [-0.1, -0.05) is 26.2 Å². The highest BCUT2D eigenvalue weighted by atomic mass is 14.9. The molecule has 2 N–H and O–H groups in total. The molecule has 2 heteroatoms. The first-order chi connectivity index (χ1) is 8.40. The molecular formula is C15H30N2. The zero-order valence-corrected chi connectivity index (χ0v) is 11.5. The number of hydrogen-bond donors (Lipinski definition) is 2. The van der Waals surface area contributed by atoms with E-state index in [2.05, 4.69) is 17.6 Å². The Morgan fingerprint density at radius 1 is 1.06 bits per heavy atom. The first-order valence-electron chi connectivity index (χ1n) is 7.84. The molecule has 1 heterocycles. The summed E-state index contributed by atoms with van der Waals surface area (Å²) in [5.41, 5.74) is 0. The summed E-state index contributed by atoms with van der Waals surface area (Å²) >= 11 is 0. The van der Waals surface area contributed by atoms with Gasteiger partial charge in [0.25, 0.3) is 0 Å². The number of hydrogen-bond acceptors (Lipinski definition) is 2. The highest BCUT2D eigenvalue weighted by Gasteiger charge is 2.23. The lowest BCUT2D eigenvalue weighted by Gasteiger charge is -2.32. The van der Waals surface area contributed by atoms with Crippen LogP contribution in [0.2, 0.25) is 0 Å². The maximum absolute atomic E-state index is 3.88. The smallest absolute Gasteiger partial charge is 0.00928 e. The molecule has 2 aliphatic rings. The van der Waals surface area contributed by atoms with E-state index in [1.165, 1.54) is 71.0 Å². The predicted molar refractivity (Wildman–Crippen MR) is 74.3 cm³/mol. The van der Waals surface area contributed by atoms with Crippen molar-refractivity contribution >= 4 is 0 Å². The van der Waals surface area contributed by atoms with Crippen LogP contribution in [0.15, 0.2) is 0 Å². The molecule has 2 rings (SSSR count). The van der Waals surface area contributed by atoms with Gasteiger partial charge in [0, 0.05) is 6.04 Å². The number of piperidine rings is 1. The quantitative estimate of drug-likeness (QED) is 0.769.